The van der Waals surface area contributed by atoms with Crippen LogP contribution >= 0.6 is 11.8 Å². The van der Waals surface area contributed by atoms with Gasteiger partial charge in [-0.25, -0.2) is 4.68 Å². The molecule has 0 radical (unpaired) electrons. The maximum absolute atomic E-state index is 12.1. The lowest BCUT2D eigenvalue weighted by Crippen LogP contribution is -2.26. The summed E-state index contributed by atoms with van der Waals surface area (Å²) in [6, 6.07) is 0.597. The molecule has 15 heavy (non-hydrogen) atoms. The van der Waals surface area contributed by atoms with Crippen molar-refractivity contribution in [3.8, 4) is 0 Å². The van der Waals surface area contributed by atoms with Gasteiger partial charge in [-0.05, 0) is 19.1 Å². The average molecular weight is 225 g/mol. The Hall–Kier alpha value is -0.680. The van der Waals surface area contributed by atoms with Crippen molar-refractivity contribution in [3.63, 3.8) is 0 Å². The standard InChI is InChI=1S/C10H15N3OS/c1-6-9-8(4-11-6)12-13(10(9)14)7-2-3-15-5-7/h6-7,11-12H,2-5H2,1H3. The van der Waals surface area contributed by atoms with Gasteiger partial charge in [0.05, 0.1) is 17.3 Å². The third-order valence-electron chi connectivity index (χ3n) is 3.32. The second kappa shape index (κ2) is 3.42. The van der Waals surface area contributed by atoms with E-state index < -0.39 is 0 Å². The van der Waals surface area contributed by atoms with E-state index in [-0.39, 0.29) is 11.6 Å². The Balaban J connectivity index is 2.04. The van der Waals surface area contributed by atoms with Crippen LogP contribution in [0.4, 0.5) is 0 Å². The van der Waals surface area contributed by atoms with Gasteiger partial charge in [0.2, 0.25) is 0 Å². The van der Waals surface area contributed by atoms with Crippen LogP contribution in [-0.4, -0.2) is 21.3 Å². The zero-order valence-corrected chi connectivity index (χ0v) is 9.56. The molecule has 0 spiro atoms. The predicted octanol–water partition coefficient (Wildman–Crippen LogP) is 1.02. The highest BCUT2D eigenvalue weighted by molar-refractivity contribution is 7.99. The van der Waals surface area contributed by atoms with E-state index >= 15 is 0 Å². The van der Waals surface area contributed by atoms with Crippen LogP contribution in [0.2, 0.25) is 0 Å². The van der Waals surface area contributed by atoms with Gasteiger partial charge in [0, 0.05) is 18.3 Å². The van der Waals surface area contributed by atoms with Crippen LogP contribution in [0.5, 0.6) is 0 Å². The first-order valence-electron chi connectivity index (χ1n) is 5.42. The predicted molar refractivity (Wildman–Crippen MR) is 61.3 cm³/mol. The third kappa shape index (κ3) is 1.37. The summed E-state index contributed by atoms with van der Waals surface area (Å²) in [5.74, 6) is 2.25. The smallest absolute Gasteiger partial charge is 0.271 e. The molecule has 1 fully saturated rings. The number of fused-ring (bicyclic) bond motifs is 1. The number of nitrogens with one attached hydrogen (secondary N) is 2. The molecule has 1 aromatic heterocycles. The minimum absolute atomic E-state index is 0.190. The van der Waals surface area contributed by atoms with Crippen molar-refractivity contribution in [2.75, 3.05) is 11.5 Å². The molecular formula is C10H15N3OS. The summed E-state index contributed by atoms with van der Waals surface area (Å²) < 4.78 is 1.85. The van der Waals surface area contributed by atoms with Crippen molar-refractivity contribution in [2.24, 2.45) is 0 Å². The van der Waals surface area contributed by atoms with Gasteiger partial charge in [-0.3, -0.25) is 9.89 Å². The summed E-state index contributed by atoms with van der Waals surface area (Å²) in [6.45, 7) is 2.85. The zero-order chi connectivity index (χ0) is 10.4. The first kappa shape index (κ1) is 9.54. The lowest BCUT2D eigenvalue weighted by molar-refractivity contribution is 0.473. The Morgan fingerprint density at radius 2 is 2.40 bits per heavy atom. The van der Waals surface area contributed by atoms with Crippen LogP contribution in [0.1, 0.15) is 36.7 Å². The van der Waals surface area contributed by atoms with Crippen LogP contribution in [0.3, 0.4) is 0 Å². The second-order valence-electron chi connectivity index (χ2n) is 4.30. The molecule has 0 aromatic carbocycles. The quantitative estimate of drug-likeness (QED) is 0.750. The van der Waals surface area contributed by atoms with E-state index in [4.69, 9.17) is 0 Å². The molecule has 3 rings (SSSR count). The number of aromatic amines is 1. The summed E-state index contributed by atoms with van der Waals surface area (Å²) in [5, 5.41) is 6.54. The molecular weight excluding hydrogens is 210 g/mol. The van der Waals surface area contributed by atoms with E-state index in [1.54, 1.807) is 0 Å². The molecule has 1 aromatic rings. The maximum Gasteiger partial charge on any atom is 0.271 e. The first-order valence-corrected chi connectivity index (χ1v) is 6.57. The topological polar surface area (TPSA) is 49.8 Å². The minimum atomic E-state index is 0.190. The fraction of sp³-hybridized carbons (Fsp3) is 0.700. The molecule has 4 nitrogen and oxygen atoms in total. The van der Waals surface area contributed by atoms with Crippen LogP contribution in [-0.2, 0) is 6.54 Å². The van der Waals surface area contributed by atoms with Gasteiger partial charge in [0.1, 0.15) is 0 Å². The molecule has 2 aliphatic heterocycles. The Morgan fingerprint density at radius 3 is 3.07 bits per heavy atom. The van der Waals surface area contributed by atoms with Crippen LogP contribution in [0.25, 0.3) is 0 Å². The van der Waals surface area contributed by atoms with E-state index in [2.05, 4.69) is 17.3 Å². The van der Waals surface area contributed by atoms with Crippen LogP contribution in [0, 0.1) is 0 Å². The molecule has 0 bridgehead atoms. The monoisotopic (exact) mass is 225 g/mol. The van der Waals surface area contributed by atoms with Gasteiger partial charge < -0.3 is 5.32 Å². The molecule has 0 aliphatic carbocycles. The SMILES string of the molecule is CC1NCc2[nH]n(C3CCSC3)c(=O)c21. The molecule has 5 heteroatoms. The summed E-state index contributed by atoms with van der Waals surface area (Å²) in [6.07, 6.45) is 1.12. The van der Waals surface area contributed by atoms with Crippen molar-refractivity contribution in [2.45, 2.75) is 32.0 Å². The van der Waals surface area contributed by atoms with Crippen LogP contribution < -0.4 is 10.9 Å². The third-order valence-corrected chi connectivity index (χ3v) is 4.46. The molecule has 82 valence electrons. The van der Waals surface area contributed by atoms with Crippen molar-refractivity contribution < 1.29 is 0 Å². The minimum Gasteiger partial charge on any atom is -0.304 e. The lowest BCUT2D eigenvalue weighted by Gasteiger charge is -2.10. The summed E-state index contributed by atoms with van der Waals surface area (Å²) in [7, 11) is 0. The van der Waals surface area contributed by atoms with Crippen molar-refractivity contribution in [1.29, 1.82) is 0 Å². The van der Waals surface area contributed by atoms with Crippen molar-refractivity contribution >= 4 is 11.8 Å². The lowest BCUT2D eigenvalue weighted by atomic mass is 10.2. The van der Waals surface area contributed by atoms with Gasteiger partial charge in [0.15, 0.2) is 0 Å². The number of hydrogen-bond donors (Lipinski definition) is 2. The number of H-pyrrole nitrogens is 1. The summed E-state index contributed by atoms with van der Waals surface area (Å²) >= 11 is 1.93. The van der Waals surface area contributed by atoms with E-state index in [0.29, 0.717) is 6.04 Å². The number of hydrogen-bond acceptors (Lipinski definition) is 3. The largest absolute Gasteiger partial charge is 0.304 e. The Labute approximate surface area is 92.4 Å². The van der Waals surface area contributed by atoms with E-state index in [1.807, 2.05) is 16.4 Å². The van der Waals surface area contributed by atoms with Crippen molar-refractivity contribution in [1.82, 2.24) is 15.1 Å². The van der Waals surface area contributed by atoms with Gasteiger partial charge in [-0.2, -0.15) is 11.8 Å². The maximum atomic E-state index is 12.1. The summed E-state index contributed by atoms with van der Waals surface area (Å²) in [4.78, 5) is 12.1. The normalized spacial score (nSPS) is 29.7. The molecule has 2 N–H and O–H groups in total. The Bertz CT molecular complexity index is 430. The van der Waals surface area contributed by atoms with Gasteiger partial charge in [-0.1, -0.05) is 0 Å². The van der Waals surface area contributed by atoms with Gasteiger partial charge in [0.25, 0.3) is 5.56 Å². The molecule has 2 atom stereocenters. The summed E-state index contributed by atoms with van der Waals surface area (Å²) in [5.41, 5.74) is 2.23. The molecule has 0 saturated carbocycles. The van der Waals surface area contributed by atoms with Gasteiger partial charge in [-0.15, -0.1) is 0 Å². The fourth-order valence-electron chi connectivity index (χ4n) is 2.44. The Kier molecular flexibility index (Phi) is 2.17. The number of nitrogens with zero attached hydrogens (tertiary/aromatic N) is 1. The number of thioether (sulfide) groups is 1. The second-order valence-corrected chi connectivity index (χ2v) is 5.45. The fourth-order valence-corrected chi connectivity index (χ4v) is 3.63. The first-order chi connectivity index (χ1) is 7.27. The number of aromatic nitrogens is 2. The molecule has 2 aliphatic rings. The Morgan fingerprint density at radius 1 is 1.53 bits per heavy atom. The molecule has 0 amide bonds. The highest BCUT2D eigenvalue weighted by atomic mass is 32.2. The highest BCUT2D eigenvalue weighted by Crippen LogP contribution is 2.28. The van der Waals surface area contributed by atoms with E-state index in [0.717, 1.165) is 30.0 Å². The van der Waals surface area contributed by atoms with E-state index in [1.165, 1.54) is 5.75 Å². The van der Waals surface area contributed by atoms with Crippen LogP contribution in [0.15, 0.2) is 4.79 Å². The van der Waals surface area contributed by atoms with Crippen molar-refractivity contribution in [3.05, 3.63) is 21.6 Å². The van der Waals surface area contributed by atoms with E-state index in [9.17, 15) is 4.79 Å². The number of rotatable bonds is 1. The average Bonchev–Trinajstić information content (AvgIpc) is 2.86. The molecule has 2 unspecified atom stereocenters. The molecule has 1 saturated heterocycles. The van der Waals surface area contributed by atoms with Gasteiger partial charge >= 0.3 is 0 Å². The highest BCUT2D eigenvalue weighted by Gasteiger charge is 2.28. The zero-order valence-electron chi connectivity index (χ0n) is 8.75. The molecule has 3 heterocycles.